The summed E-state index contributed by atoms with van der Waals surface area (Å²) >= 11 is 0. The normalized spacial score (nSPS) is 25.3. The third-order valence-corrected chi connectivity index (χ3v) is 7.55. The first kappa shape index (κ1) is 25.6. The van der Waals surface area contributed by atoms with Crippen LogP contribution in [0.15, 0.2) is 66.7 Å². The van der Waals surface area contributed by atoms with Gasteiger partial charge in [0, 0.05) is 5.92 Å². The Morgan fingerprint density at radius 2 is 1.84 bits per heavy atom. The van der Waals surface area contributed by atoms with E-state index >= 15 is 0 Å². The van der Waals surface area contributed by atoms with E-state index in [1.165, 1.54) is 4.90 Å². The van der Waals surface area contributed by atoms with Gasteiger partial charge >= 0.3 is 5.97 Å². The minimum Gasteiger partial charge on any atom is -0.466 e. The molecular weight excluding hydrogens is 486 g/mol. The molecule has 38 heavy (non-hydrogen) atoms. The molecule has 198 valence electrons. The van der Waals surface area contributed by atoms with Gasteiger partial charge in [-0.2, -0.15) is 0 Å². The van der Waals surface area contributed by atoms with Crippen molar-refractivity contribution in [3.8, 4) is 0 Å². The first-order valence-electron chi connectivity index (χ1n) is 12.8. The second-order valence-electron chi connectivity index (χ2n) is 9.70. The van der Waals surface area contributed by atoms with Crippen LogP contribution in [0.3, 0.4) is 0 Å². The highest BCUT2D eigenvalue weighted by Crippen LogP contribution is 2.47. The molecule has 6 atom stereocenters. The first-order chi connectivity index (χ1) is 18.5. The minimum atomic E-state index is -0.944. The highest BCUT2D eigenvalue weighted by Gasteiger charge is 2.58. The highest BCUT2D eigenvalue weighted by molar-refractivity contribution is 5.96. The number of rotatable bonds is 8. The number of nitrogens with zero attached hydrogens (tertiary/aromatic N) is 4. The van der Waals surface area contributed by atoms with Crippen LogP contribution in [0.1, 0.15) is 25.5 Å². The maximum atomic E-state index is 14.1. The van der Waals surface area contributed by atoms with Crippen LogP contribution in [0.2, 0.25) is 0 Å². The van der Waals surface area contributed by atoms with Crippen molar-refractivity contribution in [3.63, 3.8) is 0 Å². The number of allylic oxidation sites excluding steroid dienone is 1. The molecule has 1 aliphatic heterocycles. The van der Waals surface area contributed by atoms with Crippen molar-refractivity contribution in [2.45, 2.75) is 32.6 Å². The van der Waals surface area contributed by atoms with Crippen molar-refractivity contribution in [3.05, 3.63) is 72.3 Å². The molecule has 1 aromatic heterocycles. The maximum absolute atomic E-state index is 14.1. The van der Waals surface area contributed by atoms with E-state index in [4.69, 9.17) is 4.74 Å². The van der Waals surface area contributed by atoms with Crippen LogP contribution in [-0.2, 0) is 25.8 Å². The lowest BCUT2D eigenvalue weighted by Gasteiger charge is -2.33. The van der Waals surface area contributed by atoms with Gasteiger partial charge in [0.25, 0.3) is 0 Å². The number of ether oxygens (including phenoxy) is 1. The van der Waals surface area contributed by atoms with Crippen LogP contribution in [0, 0.1) is 23.7 Å². The summed E-state index contributed by atoms with van der Waals surface area (Å²) < 4.78 is 6.91. The van der Waals surface area contributed by atoms with Gasteiger partial charge in [0.05, 0.1) is 36.6 Å². The van der Waals surface area contributed by atoms with Crippen LogP contribution in [-0.4, -0.2) is 62.0 Å². The van der Waals surface area contributed by atoms with Crippen LogP contribution < -0.4 is 5.32 Å². The standard InChI is InChI=1S/C28H31N5O5/c1-3-38-28(37)23-17(2)13-14-19-24(23)27(36)33(22(15-34)18-9-5-4-6-10-18)25(19)26(35)29-16-32-21-12-8-7-11-20(21)30-31-32/h4-14,17,19,22-25,34H,3,15-16H2,1-2H3,(H,29,35)/t17-,19+,22-,23-,24+,25+/m1/s1. The molecule has 2 aromatic carbocycles. The van der Waals surface area contributed by atoms with Crippen molar-refractivity contribution in [2.75, 3.05) is 13.2 Å². The second kappa shape index (κ2) is 10.7. The maximum Gasteiger partial charge on any atom is 0.310 e. The summed E-state index contributed by atoms with van der Waals surface area (Å²) in [5.74, 6) is -3.53. The summed E-state index contributed by atoms with van der Waals surface area (Å²) in [5, 5.41) is 21.6. The summed E-state index contributed by atoms with van der Waals surface area (Å²) in [7, 11) is 0. The lowest BCUT2D eigenvalue weighted by molar-refractivity contribution is -0.155. The molecule has 1 fully saturated rings. The van der Waals surface area contributed by atoms with Gasteiger partial charge in [0.1, 0.15) is 18.2 Å². The van der Waals surface area contributed by atoms with E-state index in [9.17, 15) is 19.5 Å². The van der Waals surface area contributed by atoms with E-state index in [1.54, 1.807) is 11.6 Å². The third kappa shape index (κ3) is 4.45. The zero-order chi connectivity index (χ0) is 26.8. The van der Waals surface area contributed by atoms with E-state index < -0.39 is 41.7 Å². The van der Waals surface area contributed by atoms with Gasteiger partial charge in [0.15, 0.2) is 0 Å². The summed E-state index contributed by atoms with van der Waals surface area (Å²) in [6, 6.07) is 14.8. The van der Waals surface area contributed by atoms with Crippen LogP contribution in [0.4, 0.5) is 0 Å². The molecule has 0 spiro atoms. The van der Waals surface area contributed by atoms with Crippen molar-refractivity contribution < 1.29 is 24.2 Å². The lowest BCUT2D eigenvalue weighted by atomic mass is 9.70. The van der Waals surface area contributed by atoms with Gasteiger partial charge in [-0.15, -0.1) is 5.10 Å². The molecule has 2 amide bonds. The van der Waals surface area contributed by atoms with Crippen molar-refractivity contribution in [1.82, 2.24) is 25.2 Å². The summed E-state index contributed by atoms with van der Waals surface area (Å²) in [5.41, 5.74) is 2.16. The molecule has 5 rings (SSSR count). The number of carbonyl (C=O) groups excluding carboxylic acids is 3. The second-order valence-corrected chi connectivity index (χ2v) is 9.70. The first-order valence-corrected chi connectivity index (χ1v) is 12.8. The molecule has 1 saturated heterocycles. The third-order valence-electron chi connectivity index (χ3n) is 7.55. The number of amides is 2. The van der Waals surface area contributed by atoms with Crippen molar-refractivity contribution in [1.29, 1.82) is 0 Å². The fourth-order valence-electron chi connectivity index (χ4n) is 5.79. The number of esters is 1. The fourth-order valence-corrected chi connectivity index (χ4v) is 5.79. The Labute approximate surface area is 220 Å². The SMILES string of the molecule is CCOC(=O)[C@H]1[C@H]2C(=O)N([C@H](CO)c3ccccc3)[C@H](C(=O)NCn3nnc4ccccc43)[C@H]2C=C[C@H]1C. The molecule has 0 radical (unpaired) electrons. The number of aromatic nitrogens is 3. The number of aliphatic hydroxyl groups is 1. The number of benzene rings is 2. The number of hydrogen-bond acceptors (Lipinski definition) is 7. The monoisotopic (exact) mass is 517 g/mol. The molecule has 0 saturated carbocycles. The average molecular weight is 518 g/mol. The zero-order valence-electron chi connectivity index (χ0n) is 21.3. The highest BCUT2D eigenvalue weighted by atomic mass is 16.5. The molecule has 2 N–H and O–H groups in total. The number of likely N-dealkylation sites (tertiary alicyclic amines) is 1. The topological polar surface area (TPSA) is 127 Å². The Hall–Kier alpha value is -4.05. The number of para-hydroxylation sites is 1. The van der Waals surface area contributed by atoms with E-state index in [0.717, 1.165) is 5.52 Å². The smallest absolute Gasteiger partial charge is 0.310 e. The lowest BCUT2D eigenvalue weighted by Crippen LogP contribution is -2.49. The van der Waals surface area contributed by atoms with E-state index in [-0.39, 0.29) is 31.7 Å². The van der Waals surface area contributed by atoms with Gasteiger partial charge in [-0.3, -0.25) is 14.4 Å². The summed E-state index contributed by atoms with van der Waals surface area (Å²) in [4.78, 5) is 42.3. The molecule has 10 heteroatoms. The molecule has 2 heterocycles. The predicted molar refractivity (Wildman–Crippen MR) is 138 cm³/mol. The Morgan fingerprint density at radius 3 is 2.58 bits per heavy atom. The average Bonchev–Trinajstić information content (AvgIpc) is 3.47. The minimum absolute atomic E-state index is 0.0474. The summed E-state index contributed by atoms with van der Waals surface area (Å²) in [6.07, 6.45) is 3.73. The van der Waals surface area contributed by atoms with Gasteiger partial charge in [-0.25, -0.2) is 4.68 Å². The zero-order valence-corrected chi connectivity index (χ0v) is 21.3. The van der Waals surface area contributed by atoms with Crippen LogP contribution >= 0.6 is 0 Å². The van der Waals surface area contributed by atoms with Gasteiger partial charge < -0.3 is 20.1 Å². The molecule has 10 nitrogen and oxygen atoms in total. The van der Waals surface area contributed by atoms with Crippen LogP contribution in [0.25, 0.3) is 11.0 Å². The van der Waals surface area contributed by atoms with E-state index in [1.807, 2.05) is 73.7 Å². The quantitative estimate of drug-likeness (QED) is 0.346. The van der Waals surface area contributed by atoms with Gasteiger partial charge in [-0.1, -0.05) is 66.8 Å². The van der Waals surface area contributed by atoms with Gasteiger partial charge in [0.2, 0.25) is 11.8 Å². The van der Waals surface area contributed by atoms with E-state index in [2.05, 4.69) is 15.6 Å². The number of aliphatic hydroxyl groups excluding tert-OH is 1. The Bertz CT molecular complexity index is 1360. The Kier molecular flexibility index (Phi) is 7.24. The fraction of sp³-hybridized carbons (Fsp3) is 0.393. The molecular formula is C28H31N5O5. The molecule has 0 bridgehead atoms. The predicted octanol–water partition coefficient (Wildman–Crippen LogP) is 2.07. The Balaban J connectivity index is 1.50. The van der Waals surface area contributed by atoms with E-state index in [0.29, 0.717) is 11.1 Å². The summed E-state index contributed by atoms with van der Waals surface area (Å²) in [6.45, 7) is 3.46. The number of nitrogens with one attached hydrogen (secondary N) is 1. The van der Waals surface area contributed by atoms with Crippen molar-refractivity contribution >= 4 is 28.8 Å². The number of hydrogen-bond donors (Lipinski definition) is 2. The number of carbonyl (C=O) groups is 3. The molecule has 2 aliphatic rings. The molecule has 0 unspecified atom stereocenters. The molecule has 1 aliphatic carbocycles. The van der Waals surface area contributed by atoms with Crippen LogP contribution in [0.5, 0.6) is 0 Å². The van der Waals surface area contributed by atoms with Crippen molar-refractivity contribution in [2.24, 2.45) is 23.7 Å². The number of fused-ring (bicyclic) bond motifs is 2. The largest absolute Gasteiger partial charge is 0.466 e. The van der Waals surface area contributed by atoms with Gasteiger partial charge in [-0.05, 0) is 30.5 Å². The Morgan fingerprint density at radius 1 is 1.11 bits per heavy atom. The molecule has 3 aromatic rings.